The van der Waals surface area contributed by atoms with E-state index >= 15 is 0 Å². The highest BCUT2D eigenvalue weighted by Gasteiger charge is 2.24. The molecule has 1 heterocycles. The molecule has 0 radical (unpaired) electrons. The summed E-state index contributed by atoms with van der Waals surface area (Å²) >= 11 is 1.99. The normalized spacial score (nSPS) is 22.5. The van der Waals surface area contributed by atoms with E-state index in [2.05, 4.69) is 40.1 Å². The summed E-state index contributed by atoms with van der Waals surface area (Å²) < 4.78 is 0. The van der Waals surface area contributed by atoms with Crippen molar-refractivity contribution in [3.05, 3.63) is 30.3 Å². The van der Waals surface area contributed by atoms with Gasteiger partial charge < -0.3 is 0 Å². The summed E-state index contributed by atoms with van der Waals surface area (Å²) in [7, 11) is 0. The van der Waals surface area contributed by atoms with Crippen molar-refractivity contribution in [3.8, 4) is 0 Å². The zero-order chi connectivity index (χ0) is 14.3. The highest BCUT2D eigenvalue weighted by Crippen LogP contribution is 2.23. The number of hydrogen-bond donors (Lipinski definition) is 0. The monoisotopic (exact) mass is 304 g/mol. The summed E-state index contributed by atoms with van der Waals surface area (Å²) in [5, 5.41) is 0. The molecule has 1 saturated heterocycles. The standard InChI is InChI=1S/C18H28N2S/c1-3-7-17(8-4-1)20-13-11-19(12-14-20)15-16-21-18-9-5-2-6-10-18/h2,5-6,9-10,17H,1,3-4,7-8,11-16H2. The molecule has 0 unspecified atom stereocenters. The van der Waals surface area contributed by atoms with Gasteiger partial charge in [0.2, 0.25) is 0 Å². The molecule has 1 aromatic rings. The van der Waals surface area contributed by atoms with Gasteiger partial charge in [-0.25, -0.2) is 0 Å². The number of piperazine rings is 1. The van der Waals surface area contributed by atoms with Crippen LogP contribution in [-0.4, -0.2) is 54.3 Å². The maximum absolute atomic E-state index is 2.76. The van der Waals surface area contributed by atoms with E-state index in [0.717, 1.165) is 6.04 Å². The van der Waals surface area contributed by atoms with Gasteiger partial charge in [0.1, 0.15) is 0 Å². The van der Waals surface area contributed by atoms with Crippen molar-refractivity contribution < 1.29 is 0 Å². The summed E-state index contributed by atoms with van der Waals surface area (Å²) in [5.74, 6) is 1.22. The zero-order valence-electron chi connectivity index (χ0n) is 13.0. The van der Waals surface area contributed by atoms with Gasteiger partial charge in [0.25, 0.3) is 0 Å². The molecule has 1 saturated carbocycles. The van der Waals surface area contributed by atoms with Crippen LogP contribution in [0.1, 0.15) is 32.1 Å². The molecule has 21 heavy (non-hydrogen) atoms. The summed E-state index contributed by atoms with van der Waals surface area (Å²) in [6.07, 6.45) is 7.28. The van der Waals surface area contributed by atoms with Crippen molar-refractivity contribution >= 4 is 11.8 Å². The Morgan fingerprint density at radius 3 is 2.33 bits per heavy atom. The molecule has 1 aromatic carbocycles. The van der Waals surface area contributed by atoms with Crippen LogP contribution in [0, 0.1) is 0 Å². The summed E-state index contributed by atoms with van der Waals surface area (Å²) in [4.78, 5) is 6.81. The van der Waals surface area contributed by atoms with Gasteiger partial charge >= 0.3 is 0 Å². The Labute approximate surface area is 133 Å². The lowest BCUT2D eigenvalue weighted by Gasteiger charge is -2.40. The molecule has 0 spiro atoms. The van der Waals surface area contributed by atoms with Crippen LogP contribution in [0.2, 0.25) is 0 Å². The lowest BCUT2D eigenvalue weighted by atomic mass is 9.94. The van der Waals surface area contributed by atoms with Crippen molar-refractivity contribution in [2.24, 2.45) is 0 Å². The van der Waals surface area contributed by atoms with Gasteiger partial charge in [-0.15, -0.1) is 11.8 Å². The zero-order valence-corrected chi connectivity index (χ0v) is 13.9. The molecular formula is C18H28N2S. The van der Waals surface area contributed by atoms with E-state index in [1.165, 1.54) is 75.5 Å². The molecule has 1 aliphatic carbocycles. The van der Waals surface area contributed by atoms with Crippen LogP contribution in [0.25, 0.3) is 0 Å². The van der Waals surface area contributed by atoms with Crippen LogP contribution in [0.4, 0.5) is 0 Å². The van der Waals surface area contributed by atoms with Crippen LogP contribution < -0.4 is 0 Å². The van der Waals surface area contributed by atoms with Gasteiger partial charge in [-0.3, -0.25) is 9.80 Å². The highest BCUT2D eigenvalue weighted by atomic mass is 32.2. The Kier molecular flexibility index (Phi) is 6.02. The van der Waals surface area contributed by atoms with Crippen LogP contribution in [0.3, 0.4) is 0 Å². The first-order chi connectivity index (χ1) is 10.4. The lowest BCUT2D eigenvalue weighted by molar-refractivity contribution is 0.0822. The fourth-order valence-electron chi connectivity index (χ4n) is 3.61. The van der Waals surface area contributed by atoms with Gasteiger partial charge in [0, 0.05) is 49.4 Å². The summed E-state index contributed by atoms with van der Waals surface area (Å²) in [5.41, 5.74) is 0. The Morgan fingerprint density at radius 2 is 1.62 bits per heavy atom. The summed E-state index contributed by atoms with van der Waals surface area (Å²) in [6.45, 7) is 6.36. The first-order valence-corrected chi connectivity index (χ1v) is 9.54. The molecular weight excluding hydrogens is 276 g/mol. The Morgan fingerprint density at radius 1 is 0.905 bits per heavy atom. The SMILES string of the molecule is c1ccc(SCCN2CCN(C3CCCCC3)CC2)cc1. The van der Waals surface area contributed by atoms with Gasteiger partial charge in [-0.2, -0.15) is 0 Å². The Balaban J connectivity index is 1.34. The van der Waals surface area contributed by atoms with Gasteiger partial charge in [-0.1, -0.05) is 37.5 Å². The predicted octanol–water partition coefficient (Wildman–Crippen LogP) is 3.73. The third-order valence-corrected chi connectivity index (χ3v) is 5.91. The highest BCUT2D eigenvalue weighted by molar-refractivity contribution is 7.99. The molecule has 116 valence electrons. The van der Waals surface area contributed by atoms with E-state index in [1.807, 2.05) is 11.8 Å². The molecule has 0 amide bonds. The smallest absolute Gasteiger partial charge is 0.0113 e. The van der Waals surface area contributed by atoms with Crippen molar-refractivity contribution in [3.63, 3.8) is 0 Å². The third-order valence-electron chi connectivity index (χ3n) is 4.92. The number of benzene rings is 1. The minimum absolute atomic E-state index is 0.902. The molecule has 0 atom stereocenters. The Hall–Kier alpha value is -0.510. The Bertz CT molecular complexity index is 395. The molecule has 0 N–H and O–H groups in total. The second-order valence-corrected chi connectivity index (χ2v) is 7.50. The average molecular weight is 305 g/mol. The minimum Gasteiger partial charge on any atom is -0.300 e. The molecule has 0 aromatic heterocycles. The average Bonchev–Trinajstić information content (AvgIpc) is 2.57. The van der Waals surface area contributed by atoms with Crippen LogP contribution in [0.15, 0.2) is 35.2 Å². The molecule has 2 aliphatic rings. The first-order valence-electron chi connectivity index (χ1n) is 8.56. The second-order valence-electron chi connectivity index (χ2n) is 6.33. The molecule has 2 nitrogen and oxygen atoms in total. The fourth-order valence-corrected chi connectivity index (χ4v) is 4.54. The van der Waals surface area contributed by atoms with E-state index in [-0.39, 0.29) is 0 Å². The van der Waals surface area contributed by atoms with Gasteiger partial charge in [0.05, 0.1) is 0 Å². The largest absolute Gasteiger partial charge is 0.300 e. The number of nitrogens with zero attached hydrogens (tertiary/aromatic N) is 2. The van der Waals surface area contributed by atoms with Crippen LogP contribution >= 0.6 is 11.8 Å². The van der Waals surface area contributed by atoms with Crippen LogP contribution in [-0.2, 0) is 0 Å². The van der Waals surface area contributed by atoms with E-state index in [1.54, 1.807) is 0 Å². The summed E-state index contributed by atoms with van der Waals surface area (Å²) in [6, 6.07) is 11.7. The topological polar surface area (TPSA) is 6.48 Å². The first kappa shape index (κ1) is 15.4. The van der Waals surface area contributed by atoms with Crippen molar-refractivity contribution in [2.45, 2.75) is 43.0 Å². The van der Waals surface area contributed by atoms with E-state index < -0.39 is 0 Å². The predicted molar refractivity (Wildman–Crippen MR) is 92.1 cm³/mol. The third kappa shape index (κ3) is 4.73. The fraction of sp³-hybridized carbons (Fsp3) is 0.667. The quantitative estimate of drug-likeness (QED) is 0.765. The van der Waals surface area contributed by atoms with E-state index in [4.69, 9.17) is 0 Å². The van der Waals surface area contributed by atoms with Crippen molar-refractivity contribution in [1.82, 2.24) is 9.80 Å². The molecule has 0 bridgehead atoms. The molecule has 3 rings (SSSR count). The van der Waals surface area contributed by atoms with Gasteiger partial charge in [-0.05, 0) is 25.0 Å². The molecule has 3 heteroatoms. The minimum atomic E-state index is 0.902. The lowest BCUT2D eigenvalue weighted by Crippen LogP contribution is -2.51. The maximum Gasteiger partial charge on any atom is 0.0113 e. The number of hydrogen-bond acceptors (Lipinski definition) is 3. The molecule has 2 fully saturated rings. The van der Waals surface area contributed by atoms with Gasteiger partial charge in [0.15, 0.2) is 0 Å². The number of rotatable bonds is 5. The number of thioether (sulfide) groups is 1. The maximum atomic E-state index is 2.76. The van der Waals surface area contributed by atoms with E-state index in [0.29, 0.717) is 0 Å². The van der Waals surface area contributed by atoms with Crippen LogP contribution in [0.5, 0.6) is 0 Å². The van der Waals surface area contributed by atoms with Crippen molar-refractivity contribution in [1.29, 1.82) is 0 Å². The van der Waals surface area contributed by atoms with E-state index in [9.17, 15) is 0 Å². The van der Waals surface area contributed by atoms with Crippen molar-refractivity contribution in [2.75, 3.05) is 38.5 Å². The second kappa shape index (κ2) is 8.21. The molecule has 1 aliphatic heterocycles.